The first-order valence-electron chi connectivity index (χ1n) is 9.73. The van der Waals surface area contributed by atoms with E-state index in [0.717, 1.165) is 33.5 Å². The van der Waals surface area contributed by atoms with Gasteiger partial charge < -0.3 is 9.88 Å². The third-order valence-corrected chi connectivity index (χ3v) is 5.52. The van der Waals surface area contributed by atoms with Crippen LogP contribution in [0.2, 0.25) is 0 Å². The van der Waals surface area contributed by atoms with Crippen molar-refractivity contribution in [1.82, 2.24) is 14.5 Å². The maximum Gasteiger partial charge on any atom is 0.0966 e. The second-order valence-corrected chi connectivity index (χ2v) is 7.54. The van der Waals surface area contributed by atoms with Gasteiger partial charge in [0.2, 0.25) is 0 Å². The van der Waals surface area contributed by atoms with Gasteiger partial charge >= 0.3 is 0 Å². The minimum Gasteiger partial charge on any atom is -0.355 e. The van der Waals surface area contributed by atoms with Crippen molar-refractivity contribution in [3.63, 3.8) is 0 Å². The van der Waals surface area contributed by atoms with E-state index in [0.29, 0.717) is 0 Å². The molecule has 0 aliphatic rings. The van der Waals surface area contributed by atoms with E-state index >= 15 is 0 Å². The van der Waals surface area contributed by atoms with Crippen LogP contribution in [-0.4, -0.2) is 14.5 Å². The number of hydrogen-bond donors (Lipinski definition) is 1. The van der Waals surface area contributed by atoms with Gasteiger partial charge in [0.15, 0.2) is 0 Å². The summed E-state index contributed by atoms with van der Waals surface area (Å²) in [6.07, 6.45) is 5.59. The van der Waals surface area contributed by atoms with Gasteiger partial charge in [0.25, 0.3) is 0 Å². The third-order valence-electron chi connectivity index (χ3n) is 5.52. The van der Waals surface area contributed by atoms with E-state index < -0.39 is 0 Å². The molecule has 0 saturated carbocycles. The average molecular weight is 378 g/mol. The van der Waals surface area contributed by atoms with Gasteiger partial charge in [-0.3, -0.25) is 9.97 Å². The molecule has 2 aromatic heterocycles. The Balaban J connectivity index is 1.70. The minimum atomic E-state index is 0.880. The predicted molar refractivity (Wildman–Crippen MR) is 121 cm³/mol. The second kappa shape index (κ2) is 6.74. The van der Waals surface area contributed by atoms with E-state index in [1.54, 1.807) is 12.4 Å². The molecular weight excluding hydrogens is 356 g/mol. The molecule has 0 atom stereocenters. The molecule has 0 radical (unpaired) electrons. The lowest BCUT2D eigenvalue weighted by molar-refractivity contribution is 0.969. The van der Waals surface area contributed by atoms with Gasteiger partial charge in [-0.1, -0.05) is 30.3 Å². The van der Waals surface area contributed by atoms with Crippen LogP contribution >= 0.6 is 0 Å². The van der Waals surface area contributed by atoms with Gasteiger partial charge in [0.1, 0.15) is 0 Å². The van der Waals surface area contributed by atoms with Crippen molar-refractivity contribution in [1.29, 1.82) is 0 Å². The average Bonchev–Trinajstić information content (AvgIpc) is 3.10. The molecule has 2 heterocycles. The van der Waals surface area contributed by atoms with Crippen molar-refractivity contribution in [2.45, 2.75) is 13.8 Å². The van der Waals surface area contributed by atoms with Crippen molar-refractivity contribution in [2.24, 2.45) is 7.05 Å². The number of hydrogen-bond acceptors (Lipinski definition) is 3. The van der Waals surface area contributed by atoms with E-state index in [2.05, 4.69) is 102 Å². The molecule has 0 fully saturated rings. The van der Waals surface area contributed by atoms with Crippen LogP contribution in [0.1, 0.15) is 11.1 Å². The molecule has 0 spiro atoms. The van der Waals surface area contributed by atoms with Crippen molar-refractivity contribution in [3.05, 3.63) is 84.3 Å². The standard InChI is InChI=1S/C25H22N4/c1-16-5-4-6-17(2)24(16)28-20-14-21(25-22(15-20)26-10-11-27-25)19-8-7-18-9-12-29(3)23(18)13-19/h4-15,28H,1-3H3. The van der Waals surface area contributed by atoms with Crippen LogP contribution in [0.15, 0.2) is 73.2 Å². The zero-order chi connectivity index (χ0) is 20.0. The summed E-state index contributed by atoms with van der Waals surface area (Å²) in [6, 6.07) is 19.3. The number of rotatable bonds is 3. The molecule has 142 valence electrons. The van der Waals surface area contributed by atoms with Crippen molar-refractivity contribution in [3.8, 4) is 11.1 Å². The zero-order valence-electron chi connectivity index (χ0n) is 16.8. The van der Waals surface area contributed by atoms with Crippen LogP contribution < -0.4 is 5.32 Å². The Morgan fingerprint density at radius 3 is 2.48 bits per heavy atom. The molecule has 4 nitrogen and oxygen atoms in total. The lowest BCUT2D eigenvalue weighted by Gasteiger charge is -2.15. The molecule has 5 aromatic rings. The Labute approximate surface area is 169 Å². The summed E-state index contributed by atoms with van der Waals surface area (Å²) in [5.74, 6) is 0. The number of aryl methyl sites for hydroxylation is 3. The Morgan fingerprint density at radius 2 is 1.66 bits per heavy atom. The van der Waals surface area contributed by atoms with Crippen LogP contribution in [0.5, 0.6) is 0 Å². The number of anilines is 2. The highest BCUT2D eigenvalue weighted by molar-refractivity contribution is 5.97. The lowest BCUT2D eigenvalue weighted by Crippen LogP contribution is -1.98. The third kappa shape index (κ3) is 3.03. The highest BCUT2D eigenvalue weighted by Gasteiger charge is 2.12. The summed E-state index contributed by atoms with van der Waals surface area (Å²) >= 11 is 0. The first-order chi connectivity index (χ1) is 14.1. The number of benzene rings is 3. The maximum atomic E-state index is 4.63. The molecule has 0 aliphatic heterocycles. The SMILES string of the molecule is Cc1cccc(C)c1Nc1cc(-c2ccc3ccn(C)c3c2)c2nccnc2c1. The molecule has 0 bridgehead atoms. The van der Waals surface area contributed by atoms with Crippen LogP contribution in [0, 0.1) is 13.8 Å². The summed E-state index contributed by atoms with van der Waals surface area (Å²) in [4.78, 5) is 9.21. The van der Waals surface area contributed by atoms with Crippen molar-refractivity contribution in [2.75, 3.05) is 5.32 Å². The molecule has 1 N–H and O–H groups in total. The molecule has 29 heavy (non-hydrogen) atoms. The summed E-state index contributed by atoms with van der Waals surface area (Å²) < 4.78 is 2.14. The maximum absolute atomic E-state index is 4.63. The second-order valence-electron chi connectivity index (χ2n) is 7.54. The first kappa shape index (κ1) is 17.4. The highest BCUT2D eigenvalue weighted by Crippen LogP contribution is 2.34. The molecule has 4 heteroatoms. The van der Waals surface area contributed by atoms with E-state index in [9.17, 15) is 0 Å². The summed E-state index contributed by atoms with van der Waals surface area (Å²) in [5, 5.41) is 4.85. The lowest BCUT2D eigenvalue weighted by atomic mass is 10.0. The van der Waals surface area contributed by atoms with Gasteiger partial charge in [-0.05, 0) is 60.2 Å². The van der Waals surface area contributed by atoms with Gasteiger partial charge in [-0.2, -0.15) is 0 Å². The molecule has 0 unspecified atom stereocenters. The van der Waals surface area contributed by atoms with Gasteiger partial charge in [0.05, 0.1) is 11.0 Å². The highest BCUT2D eigenvalue weighted by atomic mass is 14.9. The Kier molecular flexibility index (Phi) is 4.06. The number of nitrogens with one attached hydrogen (secondary N) is 1. The van der Waals surface area contributed by atoms with E-state index in [4.69, 9.17) is 0 Å². The smallest absolute Gasteiger partial charge is 0.0966 e. The monoisotopic (exact) mass is 378 g/mol. The van der Waals surface area contributed by atoms with Crippen LogP contribution in [0.25, 0.3) is 33.1 Å². The normalized spacial score (nSPS) is 11.3. The van der Waals surface area contributed by atoms with Crippen LogP contribution in [0.3, 0.4) is 0 Å². The van der Waals surface area contributed by atoms with Crippen molar-refractivity contribution >= 4 is 33.3 Å². The van der Waals surface area contributed by atoms with Crippen molar-refractivity contribution < 1.29 is 0 Å². The molecule has 5 rings (SSSR count). The molecule has 3 aromatic carbocycles. The zero-order valence-corrected chi connectivity index (χ0v) is 16.8. The number of para-hydroxylation sites is 1. The van der Waals surface area contributed by atoms with E-state index in [-0.39, 0.29) is 0 Å². The van der Waals surface area contributed by atoms with E-state index in [1.165, 1.54) is 22.0 Å². The molecule has 0 aliphatic carbocycles. The first-order valence-corrected chi connectivity index (χ1v) is 9.73. The fourth-order valence-electron chi connectivity index (χ4n) is 3.95. The largest absolute Gasteiger partial charge is 0.355 e. The van der Waals surface area contributed by atoms with Crippen LogP contribution in [-0.2, 0) is 7.05 Å². The summed E-state index contributed by atoms with van der Waals surface area (Å²) in [7, 11) is 2.07. The van der Waals surface area contributed by atoms with Gasteiger partial charge in [-0.15, -0.1) is 0 Å². The Hall–Kier alpha value is -3.66. The van der Waals surface area contributed by atoms with Gasteiger partial charge in [0, 0.05) is 48.1 Å². The molecule has 0 amide bonds. The number of fused-ring (bicyclic) bond motifs is 2. The predicted octanol–water partition coefficient (Wildman–Crippen LogP) is 6.15. The molecular formula is C25H22N4. The summed E-state index contributed by atoms with van der Waals surface area (Å²) in [5.41, 5.74) is 9.79. The Bertz CT molecular complexity index is 1340. The Morgan fingerprint density at radius 1 is 0.862 bits per heavy atom. The number of nitrogens with zero attached hydrogens (tertiary/aromatic N) is 3. The number of aromatic nitrogens is 3. The quantitative estimate of drug-likeness (QED) is 0.409. The fourth-order valence-corrected chi connectivity index (χ4v) is 3.95. The fraction of sp³-hybridized carbons (Fsp3) is 0.120. The summed E-state index contributed by atoms with van der Waals surface area (Å²) in [6.45, 7) is 4.25. The molecule has 0 saturated heterocycles. The van der Waals surface area contributed by atoms with Gasteiger partial charge in [-0.25, -0.2) is 0 Å². The minimum absolute atomic E-state index is 0.880. The van der Waals surface area contributed by atoms with Crippen LogP contribution in [0.4, 0.5) is 11.4 Å². The topological polar surface area (TPSA) is 42.7 Å². The van der Waals surface area contributed by atoms with E-state index in [1.807, 2.05) is 0 Å².